The minimum absolute atomic E-state index is 0.0201. The van der Waals surface area contributed by atoms with Crippen molar-refractivity contribution in [2.45, 2.75) is 25.0 Å². The zero-order chi connectivity index (χ0) is 14.4. The molecule has 0 aromatic heterocycles. The third-order valence-electron chi connectivity index (χ3n) is 3.34. The predicted molar refractivity (Wildman–Crippen MR) is 84.9 cm³/mol. The first-order valence-corrected chi connectivity index (χ1v) is 7.95. The summed E-state index contributed by atoms with van der Waals surface area (Å²) in [7, 11) is 0. The Morgan fingerprint density at radius 2 is 2.40 bits per heavy atom. The first-order chi connectivity index (χ1) is 9.70. The first-order valence-electron chi connectivity index (χ1n) is 6.90. The Balaban J connectivity index is 2.01. The molecular formula is C16H20N2OS. The molecule has 0 spiro atoms. The second-order valence-corrected chi connectivity index (χ2v) is 6.29. The summed E-state index contributed by atoms with van der Waals surface area (Å²) in [5.74, 6) is 7.03. The molecule has 3 N–H and O–H groups in total. The Morgan fingerprint density at radius 3 is 3.10 bits per heavy atom. The van der Waals surface area contributed by atoms with E-state index >= 15 is 0 Å². The van der Waals surface area contributed by atoms with Gasteiger partial charge in [-0.3, -0.25) is 4.79 Å². The highest BCUT2D eigenvalue weighted by Gasteiger charge is 2.16. The number of amides is 1. The lowest BCUT2D eigenvalue weighted by molar-refractivity contribution is 0.0953. The van der Waals surface area contributed by atoms with Crippen LogP contribution >= 0.6 is 11.8 Å². The molecule has 1 saturated heterocycles. The summed E-state index contributed by atoms with van der Waals surface area (Å²) in [4.78, 5) is 12.1. The minimum Gasteiger partial charge on any atom is -0.351 e. The Bertz CT molecular complexity index is 539. The van der Waals surface area contributed by atoms with Crippen LogP contribution in [-0.2, 0) is 0 Å². The fraction of sp³-hybridized carbons (Fsp3) is 0.438. The van der Waals surface area contributed by atoms with E-state index in [-0.39, 0.29) is 5.91 Å². The number of nitrogens with one attached hydrogen (secondary N) is 1. The highest BCUT2D eigenvalue weighted by atomic mass is 32.2. The van der Waals surface area contributed by atoms with Gasteiger partial charge >= 0.3 is 0 Å². The highest BCUT2D eigenvalue weighted by molar-refractivity contribution is 8.00. The van der Waals surface area contributed by atoms with E-state index in [9.17, 15) is 4.79 Å². The number of thioether (sulfide) groups is 1. The predicted octanol–water partition coefficient (Wildman–Crippen LogP) is 1.93. The van der Waals surface area contributed by atoms with Crippen LogP contribution in [0.5, 0.6) is 0 Å². The monoisotopic (exact) mass is 288 g/mol. The molecule has 1 aromatic carbocycles. The van der Waals surface area contributed by atoms with Gasteiger partial charge in [-0.2, -0.15) is 11.8 Å². The van der Waals surface area contributed by atoms with E-state index in [0.29, 0.717) is 17.4 Å². The summed E-state index contributed by atoms with van der Waals surface area (Å²) in [5.41, 5.74) is 7.99. The molecule has 0 saturated carbocycles. The maximum absolute atomic E-state index is 12.1. The van der Waals surface area contributed by atoms with Crippen molar-refractivity contribution in [3.63, 3.8) is 0 Å². The van der Waals surface area contributed by atoms with E-state index in [0.717, 1.165) is 17.7 Å². The SMILES string of the molecule is Cc1ccc(C(=O)NCC2CCCS2)cc1C#CCN. The van der Waals surface area contributed by atoms with Gasteiger partial charge in [-0.15, -0.1) is 0 Å². The van der Waals surface area contributed by atoms with Crippen molar-refractivity contribution in [2.75, 3.05) is 18.8 Å². The normalized spacial score (nSPS) is 17.4. The smallest absolute Gasteiger partial charge is 0.251 e. The summed E-state index contributed by atoms with van der Waals surface area (Å²) in [6.07, 6.45) is 2.46. The quantitative estimate of drug-likeness (QED) is 0.836. The zero-order valence-electron chi connectivity index (χ0n) is 11.7. The van der Waals surface area contributed by atoms with Crippen LogP contribution in [0.25, 0.3) is 0 Å². The lowest BCUT2D eigenvalue weighted by atomic mass is 10.0. The Hall–Kier alpha value is -1.44. The molecule has 1 amide bonds. The lowest BCUT2D eigenvalue weighted by Gasteiger charge is -2.10. The van der Waals surface area contributed by atoms with Crippen molar-refractivity contribution in [1.82, 2.24) is 5.32 Å². The Labute approximate surface area is 124 Å². The number of hydrogen-bond acceptors (Lipinski definition) is 3. The summed E-state index contributed by atoms with van der Waals surface area (Å²) in [6.45, 7) is 3.06. The molecule has 1 heterocycles. The number of hydrogen-bond donors (Lipinski definition) is 2. The molecule has 106 valence electrons. The largest absolute Gasteiger partial charge is 0.351 e. The second-order valence-electron chi connectivity index (χ2n) is 4.88. The molecule has 1 aliphatic heterocycles. The molecule has 1 aromatic rings. The van der Waals surface area contributed by atoms with Gasteiger partial charge < -0.3 is 11.1 Å². The third-order valence-corrected chi connectivity index (χ3v) is 4.74. The molecule has 1 unspecified atom stereocenters. The zero-order valence-corrected chi connectivity index (χ0v) is 12.6. The van der Waals surface area contributed by atoms with Gasteiger partial charge in [0.15, 0.2) is 0 Å². The summed E-state index contributed by atoms with van der Waals surface area (Å²) in [5, 5.41) is 3.58. The van der Waals surface area contributed by atoms with Crippen molar-refractivity contribution in [3.8, 4) is 11.8 Å². The molecule has 4 heteroatoms. The van der Waals surface area contributed by atoms with E-state index < -0.39 is 0 Å². The molecular weight excluding hydrogens is 268 g/mol. The van der Waals surface area contributed by atoms with Crippen molar-refractivity contribution in [3.05, 3.63) is 34.9 Å². The lowest BCUT2D eigenvalue weighted by Crippen LogP contribution is -2.29. The Morgan fingerprint density at radius 1 is 1.55 bits per heavy atom. The first kappa shape index (κ1) is 15.0. The van der Waals surface area contributed by atoms with Gasteiger partial charge in [0.05, 0.1) is 6.54 Å². The maximum atomic E-state index is 12.1. The highest BCUT2D eigenvalue weighted by Crippen LogP contribution is 2.25. The van der Waals surface area contributed by atoms with E-state index in [4.69, 9.17) is 5.73 Å². The van der Waals surface area contributed by atoms with Gasteiger partial charge in [0, 0.05) is 22.9 Å². The van der Waals surface area contributed by atoms with Gasteiger partial charge in [-0.25, -0.2) is 0 Å². The molecule has 3 nitrogen and oxygen atoms in total. The topological polar surface area (TPSA) is 55.1 Å². The maximum Gasteiger partial charge on any atom is 0.251 e. The van der Waals surface area contributed by atoms with E-state index in [1.54, 1.807) is 0 Å². The van der Waals surface area contributed by atoms with Crippen LogP contribution in [0.3, 0.4) is 0 Å². The van der Waals surface area contributed by atoms with Crippen LogP contribution in [0.1, 0.15) is 34.3 Å². The van der Waals surface area contributed by atoms with E-state index in [1.807, 2.05) is 36.9 Å². The number of carbonyl (C=O) groups is 1. The standard InChI is InChI=1S/C16H20N2OS/c1-12-6-7-14(10-13(12)4-2-8-17)16(19)18-11-15-5-3-9-20-15/h6-7,10,15H,3,5,8-9,11,17H2,1H3,(H,18,19). The van der Waals surface area contributed by atoms with Crippen LogP contribution in [0.15, 0.2) is 18.2 Å². The molecule has 0 aliphatic carbocycles. The minimum atomic E-state index is -0.0201. The number of aryl methyl sites for hydroxylation is 1. The van der Waals surface area contributed by atoms with Gasteiger partial charge in [0.25, 0.3) is 5.91 Å². The number of nitrogens with two attached hydrogens (primary N) is 1. The molecule has 1 atom stereocenters. The Kier molecular flexibility index (Phi) is 5.51. The number of carbonyl (C=O) groups excluding carboxylic acids is 1. The van der Waals surface area contributed by atoms with Crippen LogP contribution in [0.2, 0.25) is 0 Å². The van der Waals surface area contributed by atoms with Crippen LogP contribution < -0.4 is 11.1 Å². The van der Waals surface area contributed by atoms with Gasteiger partial charge in [-0.1, -0.05) is 17.9 Å². The van der Waals surface area contributed by atoms with Crippen molar-refractivity contribution >= 4 is 17.7 Å². The van der Waals surface area contributed by atoms with Gasteiger partial charge in [0.2, 0.25) is 0 Å². The van der Waals surface area contributed by atoms with Crippen LogP contribution in [0.4, 0.5) is 0 Å². The van der Waals surface area contributed by atoms with Crippen molar-refractivity contribution in [1.29, 1.82) is 0 Å². The van der Waals surface area contributed by atoms with Crippen molar-refractivity contribution in [2.24, 2.45) is 5.73 Å². The van der Waals surface area contributed by atoms with E-state index in [1.165, 1.54) is 18.6 Å². The summed E-state index contributed by atoms with van der Waals surface area (Å²) < 4.78 is 0. The third kappa shape index (κ3) is 4.03. The fourth-order valence-electron chi connectivity index (χ4n) is 2.16. The van der Waals surface area contributed by atoms with Crippen molar-refractivity contribution < 1.29 is 4.79 Å². The average Bonchev–Trinajstić information content (AvgIpc) is 2.97. The number of benzene rings is 1. The fourth-order valence-corrected chi connectivity index (χ4v) is 3.36. The average molecular weight is 288 g/mol. The van der Waals surface area contributed by atoms with Gasteiger partial charge in [-0.05, 0) is 43.2 Å². The van der Waals surface area contributed by atoms with Crippen LogP contribution in [0, 0.1) is 18.8 Å². The van der Waals surface area contributed by atoms with Crippen LogP contribution in [-0.4, -0.2) is 30.0 Å². The second kappa shape index (κ2) is 7.37. The summed E-state index contributed by atoms with van der Waals surface area (Å²) in [6, 6.07) is 5.62. The van der Waals surface area contributed by atoms with E-state index in [2.05, 4.69) is 17.2 Å². The molecule has 0 bridgehead atoms. The molecule has 20 heavy (non-hydrogen) atoms. The molecule has 1 aliphatic rings. The molecule has 1 fully saturated rings. The summed E-state index contributed by atoms with van der Waals surface area (Å²) >= 11 is 1.95. The molecule has 0 radical (unpaired) electrons. The molecule has 2 rings (SSSR count). The van der Waals surface area contributed by atoms with Gasteiger partial charge in [0.1, 0.15) is 0 Å². The number of rotatable bonds is 3.